The van der Waals surface area contributed by atoms with Crippen LogP contribution >= 0.6 is 23.2 Å². The van der Waals surface area contributed by atoms with E-state index in [0.717, 1.165) is 0 Å². The number of anilines is 2. The van der Waals surface area contributed by atoms with Gasteiger partial charge in [0.1, 0.15) is 5.69 Å². The Morgan fingerprint density at radius 1 is 1.43 bits per heavy atom. The van der Waals surface area contributed by atoms with Crippen LogP contribution in [-0.2, 0) is 4.74 Å². The highest BCUT2D eigenvalue weighted by atomic mass is 35.5. The zero-order valence-corrected chi connectivity index (χ0v) is 8.56. The van der Waals surface area contributed by atoms with Crippen molar-refractivity contribution in [2.45, 2.75) is 0 Å². The molecule has 1 heterocycles. The van der Waals surface area contributed by atoms with Crippen molar-refractivity contribution in [3.8, 4) is 0 Å². The van der Waals surface area contributed by atoms with E-state index in [1.165, 1.54) is 7.11 Å². The molecular weight excluding hydrogens is 231 g/mol. The first-order valence-electron chi connectivity index (χ1n) is 3.38. The van der Waals surface area contributed by atoms with E-state index in [0.29, 0.717) is 0 Å². The maximum atomic E-state index is 10.8. The van der Waals surface area contributed by atoms with Crippen LogP contribution in [0.1, 0.15) is 0 Å². The fourth-order valence-electron chi connectivity index (χ4n) is 0.679. The van der Waals surface area contributed by atoms with Crippen LogP contribution in [0.15, 0.2) is 0 Å². The Morgan fingerprint density at radius 2 is 1.93 bits per heavy atom. The number of nitrogens with zero attached hydrogens (tertiary/aromatic N) is 2. The van der Waals surface area contributed by atoms with E-state index >= 15 is 0 Å². The Balaban J connectivity index is 3.02. The number of nitrogen functional groups attached to an aromatic ring is 1. The lowest BCUT2D eigenvalue weighted by Gasteiger charge is -2.06. The monoisotopic (exact) mass is 236 g/mol. The molecule has 1 aromatic rings. The summed E-state index contributed by atoms with van der Waals surface area (Å²) < 4.78 is 4.34. The summed E-state index contributed by atoms with van der Waals surface area (Å²) in [6, 6.07) is 0. The number of aromatic nitrogens is 2. The Bertz CT molecular complexity index is 348. The molecule has 76 valence electrons. The fourth-order valence-corrected chi connectivity index (χ4v) is 1.17. The van der Waals surface area contributed by atoms with Crippen LogP contribution < -0.4 is 11.1 Å². The molecule has 3 N–H and O–H groups in total. The Kier molecular flexibility index (Phi) is 3.32. The van der Waals surface area contributed by atoms with Gasteiger partial charge in [-0.2, -0.15) is 9.97 Å². The molecule has 0 bridgehead atoms. The van der Waals surface area contributed by atoms with Crippen molar-refractivity contribution in [1.29, 1.82) is 0 Å². The molecule has 0 aliphatic rings. The van der Waals surface area contributed by atoms with Gasteiger partial charge in [0.15, 0.2) is 10.3 Å². The van der Waals surface area contributed by atoms with Crippen molar-refractivity contribution in [3.05, 3.63) is 10.3 Å². The molecule has 0 radical (unpaired) electrons. The maximum absolute atomic E-state index is 10.8. The van der Waals surface area contributed by atoms with Crippen LogP contribution in [0.5, 0.6) is 0 Å². The van der Waals surface area contributed by atoms with Gasteiger partial charge in [-0.05, 0) is 0 Å². The van der Waals surface area contributed by atoms with Gasteiger partial charge in [-0.15, -0.1) is 0 Å². The normalized spacial score (nSPS) is 9.64. The molecule has 0 aliphatic heterocycles. The second kappa shape index (κ2) is 4.30. The standard InChI is InChI=1S/C6H6Cl2N4O2/c1-14-6(13)10-2-3(7)11-5(9)12-4(2)8/h1H3,(H,10,13)(H2,9,11,12). The quantitative estimate of drug-likeness (QED) is 0.723. The molecule has 1 amide bonds. The van der Waals surface area contributed by atoms with Crippen molar-refractivity contribution in [3.63, 3.8) is 0 Å². The summed E-state index contributed by atoms with van der Waals surface area (Å²) >= 11 is 11.3. The molecule has 0 atom stereocenters. The second-order valence-electron chi connectivity index (χ2n) is 2.16. The van der Waals surface area contributed by atoms with Gasteiger partial charge in [0.25, 0.3) is 0 Å². The number of nitrogens with one attached hydrogen (secondary N) is 1. The van der Waals surface area contributed by atoms with Crippen LogP contribution in [0.2, 0.25) is 10.3 Å². The molecule has 0 unspecified atom stereocenters. The van der Waals surface area contributed by atoms with E-state index in [-0.39, 0.29) is 21.9 Å². The molecule has 6 nitrogen and oxygen atoms in total. The van der Waals surface area contributed by atoms with Crippen LogP contribution in [-0.4, -0.2) is 23.2 Å². The molecule has 14 heavy (non-hydrogen) atoms. The SMILES string of the molecule is COC(=O)Nc1c(Cl)nc(N)nc1Cl. The average Bonchev–Trinajstić information content (AvgIpc) is 2.10. The molecule has 8 heteroatoms. The third-order valence-electron chi connectivity index (χ3n) is 1.25. The summed E-state index contributed by atoms with van der Waals surface area (Å²) in [6.45, 7) is 0. The number of ether oxygens (including phenoxy) is 1. The Morgan fingerprint density at radius 3 is 2.36 bits per heavy atom. The smallest absolute Gasteiger partial charge is 0.411 e. The Hall–Kier alpha value is -1.27. The van der Waals surface area contributed by atoms with Crippen molar-refractivity contribution < 1.29 is 9.53 Å². The van der Waals surface area contributed by atoms with Gasteiger partial charge < -0.3 is 10.5 Å². The summed E-state index contributed by atoms with van der Waals surface area (Å²) in [5.74, 6) is -0.0737. The van der Waals surface area contributed by atoms with E-state index in [9.17, 15) is 4.79 Å². The number of nitrogens with two attached hydrogens (primary N) is 1. The van der Waals surface area contributed by atoms with Crippen molar-refractivity contribution in [1.82, 2.24) is 9.97 Å². The minimum absolute atomic E-state index is 0.0482. The zero-order chi connectivity index (χ0) is 10.7. The number of rotatable bonds is 1. The van der Waals surface area contributed by atoms with E-state index in [2.05, 4.69) is 20.0 Å². The van der Waals surface area contributed by atoms with Gasteiger partial charge in [-0.1, -0.05) is 23.2 Å². The second-order valence-corrected chi connectivity index (χ2v) is 2.87. The molecule has 0 spiro atoms. The first-order valence-corrected chi connectivity index (χ1v) is 4.13. The highest BCUT2D eigenvalue weighted by Gasteiger charge is 2.13. The number of hydrogen-bond donors (Lipinski definition) is 2. The summed E-state index contributed by atoms with van der Waals surface area (Å²) in [6.07, 6.45) is -0.720. The lowest BCUT2D eigenvalue weighted by atomic mass is 10.5. The van der Waals surface area contributed by atoms with Crippen LogP contribution in [0.3, 0.4) is 0 Å². The van der Waals surface area contributed by atoms with Crippen molar-refractivity contribution in [2.75, 3.05) is 18.2 Å². The average molecular weight is 237 g/mol. The lowest BCUT2D eigenvalue weighted by Crippen LogP contribution is -2.13. The molecule has 0 fully saturated rings. The number of halogens is 2. The zero-order valence-electron chi connectivity index (χ0n) is 7.04. The predicted octanol–water partition coefficient (Wildman–Crippen LogP) is 1.54. The number of amides is 1. The molecule has 1 rings (SSSR count). The van der Waals surface area contributed by atoms with Gasteiger partial charge in [-0.3, -0.25) is 5.32 Å². The number of hydrogen-bond acceptors (Lipinski definition) is 5. The van der Waals surface area contributed by atoms with Crippen molar-refractivity contribution in [2.24, 2.45) is 0 Å². The number of carbonyl (C=O) groups excluding carboxylic acids is 1. The van der Waals surface area contributed by atoms with E-state index in [1.54, 1.807) is 0 Å². The van der Waals surface area contributed by atoms with Crippen LogP contribution in [0, 0.1) is 0 Å². The highest BCUT2D eigenvalue weighted by molar-refractivity contribution is 6.38. The minimum Gasteiger partial charge on any atom is -0.453 e. The summed E-state index contributed by atoms with van der Waals surface area (Å²) in [5, 5.41) is 2.15. The van der Waals surface area contributed by atoms with Crippen molar-refractivity contribution >= 4 is 40.9 Å². The van der Waals surface area contributed by atoms with Gasteiger partial charge >= 0.3 is 6.09 Å². The van der Waals surface area contributed by atoms with E-state index in [1.807, 2.05) is 0 Å². The summed E-state index contributed by atoms with van der Waals surface area (Å²) in [4.78, 5) is 18.0. The van der Waals surface area contributed by atoms with E-state index < -0.39 is 6.09 Å². The first-order chi connectivity index (χ1) is 6.54. The topological polar surface area (TPSA) is 90.1 Å². The van der Waals surface area contributed by atoms with Gasteiger partial charge in [-0.25, -0.2) is 4.79 Å². The fraction of sp³-hybridized carbons (Fsp3) is 0.167. The summed E-state index contributed by atoms with van der Waals surface area (Å²) in [5.41, 5.74) is 5.32. The largest absolute Gasteiger partial charge is 0.453 e. The Labute approximate surface area is 89.4 Å². The molecular formula is C6H6Cl2N4O2. The van der Waals surface area contributed by atoms with Crippen LogP contribution in [0.4, 0.5) is 16.4 Å². The number of methoxy groups -OCH3 is 1. The van der Waals surface area contributed by atoms with E-state index in [4.69, 9.17) is 28.9 Å². The molecule has 0 saturated carbocycles. The lowest BCUT2D eigenvalue weighted by molar-refractivity contribution is 0.187. The predicted molar refractivity (Wildman–Crippen MR) is 52.5 cm³/mol. The van der Waals surface area contributed by atoms with Crippen LogP contribution in [0.25, 0.3) is 0 Å². The first kappa shape index (κ1) is 10.8. The van der Waals surface area contributed by atoms with Gasteiger partial charge in [0.05, 0.1) is 7.11 Å². The molecule has 1 aromatic heterocycles. The minimum atomic E-state index is -0.720. The third-order valence-corrected chi connectivity index (χ3v) is 1.80. The molecule has 0 aliphatic carbocycles. The third kappa shape index (κ3) is 2.36. The summed E-state index contributed by atoms with van der Waals surface area (Å²) in [7, 11) is 1.20. The molecule has 0 saturated heterocycles. The van der Waals surface area contributed by atoms with Gasteiger partial charge in [0, 0.05) is 0 Å². The number of carbonyl (C=O) groups is 1. The molecule has 0 aromatic carbocycles. The maximum Gasteiger partial charge on any atom is 0.411 e. The highest BCUT2D eigenvalue weighted by Crippen LogP contribution is 2.27. The van der Waals surface area contributed by atoms with Gasteiger partial charge in [0.2, 0.25) is 5.95 Å².